The fourth-order valence-corrected chi connectivity index (χ4v) is 3.21. The summed E-state index contributed by atoms with van der Waals surface area (Å²) >= 11 is 0. The molecule has 0 spiro atoms. The van der Waals surface area contributed by atoms with Gasteiger partial charge in [-0.05, 0) is 44.7 Å². The van der Waals surface area contributed by atoms with Gasteiger partial charge in [-0.2, -0.15) is 0 Å². The molecular formula is C14H28N2O. The molecule has 1 aliphatic carbocycles. The number of hydrogen-bond acceptors (Lipinski definition) is 3. The van der Waals surface area contributed by atoms with E-state index in [9.17, 15) is 0 Å². The molecule has 2 fully saturated rings. The van der Waals surface area contributed by atoms with Crippen molar-refractivity contribution in [1.82, 2.24) is 4.90 Å². The Morgan fingerprint density at radius 1 is 1.35 bits per heavy atom. The predicted octanol–water partition coefficient (Wildman–Crippen LogP) is 2.00. The Morgan fingerprint density at radius 3 is 3.00 bits per heavy atom. The minimum Gasteiger partial charge on any atom is -0.375 e. The number of rotatable bonds is 5. The Morgan fingerprint density at radius 2 is 2.18 bits per heavy atom. The molecule has 1 aliphatic heterocycles. The van der Waals surface area contributed by atoms with Gasteiger partial charge >= 0.3 is 0 Å². The van der Waals surface area contributed by atoms with Crippen LogP contribution in [0.5, 0.6) is 0 Å². The van der Waals surface area contributed by atoms with E-state index in [1.807, 2.05) is 0 Å². The lowest BCUT2D eigenvalue weighted by Crippen LogP contribution is -2.52. The number of morpholine rings is 1. The molecule has 0 radical (unpaired) electrons. The highest BCUT2D eigenvalue weighted by Crippen LogP contribution is 2.28. The first-order valence-corrected chi connectivity index (χ1v) is 7.37. The van der Waals surface area contributed by atoms with Gasteiger partial charge in [-0.3, -0.25) is 4.90 Å². The maximum atomic E-state index is 5.90. The molecule has 100 valence electrons. The number of nitrogens with two attached hydrogens (primary N) is 1. The number of ether oxygens (including phenoxy) is 1. The summed E-state index contributed by atoms with van der Waals surface area (Å²) in [5.41, 5.74) is 5.66. The molecule has 2 N–H and O–H groups in total. The van der Waals surface area contributed by atoms with E-state index in [2.05, 4.69) is 11.8 Å². The van der Waals surface area contributed by atoms with Crippen LogP contribution in [0, 0.1) is 5.92 Å². The third-order valence-corrected chi connectivity index (χ3v) is 4.39. The topological polar surface area (TPSA) is 38.5 Å². The molecule has 17 heavy (non-hydrogen) atoms. The standard InChI is InChI=1S/C14H28N2O/c1-12(11-15)5-4-8-16-9-10-17-14-7-3-2-6-13(14)16/h12-14H,2-11,15H2,1H3. The third kappa shape index (κ3) is 3.67. The van der Waals surface area contributed by atoms with Crippen LogP contribution in [0.25, 0.3) is 0 Å². The van der Waals surface area contributed by atoms with Crippen LogP contribution in [0.2, 0.25) is 0 Å². The van der Waals surface area contributed by atoms with E-state index >= 15 is 0 Å². The lowest BCUT2D eigenvalue weighted by atomic mass is 9.90. The van der Waals surface area contributed by atoms with Gasteiger partial charge in [0.25, 0.3) is 0 Å². The molecule has 0 bridgehead atoms. The van der Waals surface area contributed by atoms with Gasteiger partial charge in [-0.25, -0.2) is 0 Å². The van der Waals surface area contributed by atoms with E-state index in [4.69, 9.17) is 10.5 Å². The van der Waals surface area contributed by atoms with Gasteiger partial charge in [-0.1, -0.05) is 19.8 Å². The molecule has 3 atom stereocenters. The average molecular weight is 240 g/mol. The summed E-state index contributed by atoms with van der Waals surface area (Å²) in [6.45, 7) is 6.40. The van der Waals surface area contributed by atoms with Crippen molar-refractivity contribution >= 4 is 0 Å². The van der Waals surface area contributed by atoms with Gasteiger partial charge < -0.3 is 10.5 Å². The van der Waals surface area contributed by atoms with E-state index in [1.54, 1.807) is 0 Å². The first kappa shape index (κ1) is 13.3. The second-order valence-corrected chi connectivity index (χ2v) is 5.78. The lowest BCUT2D eigenvalue weighted by molar-refractivity contribution is -0.0884. The smallest absolute Gasteiger partial charge is 0.0730 e. The summed E-state index contributed by atoms with van der Waals surface area (Å²) in [5, 5.41) is 0. The van der Waals surface area contributed by atoms with Crippen molar-refractivity contribution in [3.05, 3.63) is 0 Å². The maximum absolute atomic E-state index is 5.90. The third-order valence-electron chi connectivity index (χ3n) is 4.39. The van der Waals surface area contributed by atoms with E-state index in [0.29, 0.717) is 18.1 Å². The van der Waals surface area contributed by atoms with Gasteiger partial charge in [-0.15, -0.1) is 0 Å². The highest BCUT2D eigenvalue weighted by molar-refractivity contribution is 4.87. The van der Waals surface area contributed by atoms with Crippen LogP contribution in [0.4, 0.5) is 0 Å². The van der Waals surface area contributed by atoms with E-state index < -0.39 is 0 Å². The lowest BCUT2D eigenvalue weighted by Gasteiger charge is -2.44. The molecule has 1 saturated heterocycles. The largest absolute Gasteiger partial charge is 0.375 e. The summed E-state index contributed by atoms with van der Waals surface area (Å²) in [7, 11) is 0. The molecule has 1 heterocycles. The zero-order valence-electron chi connectivity index (χ0n) is 11.2. The van der Waals surface area contributed by atoms with Gasteiger partial charge in [0, 0.05) is 12.6 Å². The Hall–Kier alpha value is -0.120. The van der Waals surface area contributed by atoms with Crippen LogP contribution in [-0.2, 0) is 4.74 Å². The average Bonchev–Trinajstić information content (AvgIpc) is 2.39. The summed E-state index contributed by atoms with van der Waals surface area (Å²) in [4.78, 5) is 2.68. The maximum Gasteiger partial charge on any atom is 0.0730 e. The molecule has 2 rings (SSSR count). The minimum atomic E-state index is 0.532. The zero-order chi connectivity index (χ0) is 12.1. The van der Waals surface area contributed by atoms with Crippen molar-refractivity contribution in [3.63, 3.8) is 0 Å². The van der Waals surface area contributed by atoms with Crippen molar-refractivity contribution in [2.75, 3.05) is 26.2 Å². The normalized spacial score (nSPS) is 32.1. The van der Waals surface area contributed by atoms with Crippen molar-refractivity contribution < 1.29 is 4.74 Å². The molecular weight excluding hydrogens is 212 g/mol. The molecule has 3 unspecified atom stereocenters. The van der Waals surface area contributed by atoms with Gasteiger partial charge in [0.05, 0.1) is 12.7 Å². The SMILES string of the molecule is CC(CN)CCCN1CCOC2CCCCC21. The predicted molar refractivity (Wildman–Crippen MR) is 71.0 cm³/mol. The quantitative estimate of drug-likeness (QED) is 0.799. The Kier molecular flexibility index (Phi) is 5.26. The molecule has 0 aromatic rings. The monoisotopic (exact) mass is 240 g/mol. The summed E-state index contributed by atoms with van der Waals surface area (Å²) in [6, 6.07) is 0.714. The number of nitrogens with zero attached hydrogens (tertiary/aromatic N) is 1. The molecule has 0 aromatic carbocycles. The summed E-state index contributed by atoms with van der Waals surface area (Å²) in [5.74, 6) is 0.679. The molecule has 1 saturated carbocycles. The second-order valence-electron chi connectivity index (χ2n) is 5.78. The molecule has 0 amide bonds. The van der Waals surface area contributed by atoms with Gasteiger partial charge in [0.15, 0.2) is 0 Å². The van der Waals surface area contributed by atoms with Crippen LogP contribution < -0.4 is 5.73 Å². The molecule has 0 aromatic heterocycles. The van der Waals surface area contributed by atoms with Crippen LogP contribution >= 0.6 is 0 Å². The van der Waals surface area contributed by atoms with E-state index in [-0.39, 0.29) is 0 Å². The summed E-state index contributed by atoms with van der Waals surface area (Å²) in [6.07, 6.45) is 8.47. The van der Waals surface area contributed by atoms with Crippen LogP contribution in [0.15, 0.2) is 0 Å². The van der Waals surface area contributed by atoms with Crippen molar-refractivity contribution in [2.45, 2.75) is 57.6 Å². The Balaban J connectivity index is 1.74. The number of hydrogen-bond donors (Lipinski definition) is 1. The minimum absolute atomic E-state index is 0.532. The fourth-order valence-electron chi connectivity index (χ4n) is 3.21. The fraction of sp³-hybridized carbons (Fsp3) is 1.00. The van der Waals surface area contributed by atoms with Crippen LogP contribution in [0.3, 0.4) is 0 Å². The Labute approximate surface area is 106 Å². The van der Waals surface area contributed by atoms with Gasteiger partial charge in [0.1, 0.15) is 0 Å². The number of fused-ring (bicyclic) bond motifs is 1. The molecule has 2 aliphatic rings. The van der Waals surface area contributed by atoms with E-state index in [1.165, 1.54) is 45.1 Å². The Bertz CT molecular complexity index is 220. The molecule has 3 heteroatoms. The van der Waals surface area contributed by atoms with Crippen LogP contribution in [-0.4, -0.2) is 43.3 Å². The highest BCUT2D eigenvalue weighted by atomic mass is 16.5. The van der Waals surface area contributed by atoms with Gasteiger partial charge in [0.2, 0.25) is 0 Å². The van der Waals surface area contributed by atoms with Crippen molar-refractivity contribution in [2.24, 2.45) is 11.7 Å². The van der Waals surface area contributed by atoms with E-state index in [0.717, 1.165) is 19.7 Å². The highest BCUT2D eigenvalue weighted by Gasteiger charge is 2.33. The first-order valence-electron chi connectivity index (χ1n) is 7.37. The second kappa shape index (κ2) is 6.72. The van der Waals surface area contributed by atoms with Crippen molar-refractivity contribution in [1.29, 1.82) is 0 Å². The zero-order valence-corrected chi connectivity index (χ0v) is 11.2. The molecule has 3 nitrogen and oxygen atoms in total. The summed E-state index contributed by atoms with van der Waals surface area (Å²) < 4.78 is 5.90. The van der Waals surface area contributed by atoms with Crippen molar-refractivity contribution in [3.8, 4) is 0 Å². The van der Waals surface area contributed by atoms with Crippen LogP contribution in [0.1, 0.15) is 45.4 Å². The first-order chi connectivity index (χ1) is 8.31.